The van der Waals surface area contributed by atoms with Crippen LogP contribution in [-0.4, -0.2) is 33.6 Å². The first-order valence-corrected chi connectivity index (χ1v) is 6.27. The third-order valence-electron chi connectivity index (χ3n) is 3.49. The van der Waals surface area contributed by atoms with Gasteiger partial charge in [-0.25, -0.2) is 0 Å². The van der Waals surface area contributed by atoms with E-state index in [0.29, 0.717) is 16.8 Å². The quantitative estimate of drug-likeness (QED) is 0.772. The van der Waals surface area contributed by atoms with Crippen LogP contribution in [0, 0.1) is 5.92 Å². The van der Waals surface area contributed by atoms with Crippen LogP contribution in [0.4, 0.5) is 0 Å². The van der Waals surface area contributed by atoms with Gasteiger partial charge in [0.15, 0.2) is 10.8 Å². The summed E-state index contributed by atoms with van der Waals surface area (Å²) in [5.41, 5.74) is 0.371. The molecule has 1 aromatic heterocycles. The Morgan fingerprint density at radius 2 is 2.18 bits per heavy atom. The molecule has 4 nitrogen and oxygen atoms in total. The largest absolute Gasteiger partial charge is 0.334 e. The monoisotopic (exact) mass is 253 g/mol. The van der Waals surface area contributed by atoms with E-state index in [2.05, 4.69) is 24.0 Å². The lowest BCUT2D eigenvalue weighted by molar-refractivity contribution is 0.0544. The molecular formula is C12H16ClN3O. The third kappa shape index (κ3) is 2.57. The van der Waals surface area contributed by atoms with Crippen molar-refractivity contribution in [3.63, 3.8) is 0 Å². The molecular weight excluding hydrogens is 238 g/mol. The molecule has 0 N–H and O–H groups in total. The van der Waals surface area contributed by atoms with E-state index < -0.39 is 0 Å². The van der Waals surface area contributed by atoms with E-state index in [1.165, 1.54) is 6.42 Å². The molecule has 5 heteroatoms. The molecule has 17 heavy (non-hydrogen) atoms. The molecule has 0 spiro atoms. The maximum atomic E-state index is 12.2. The van der Waals surface area contributed by atoms with E-state index in [4.69, 9.17) is 11.6 Å². The standard InChI is InChI=1S/C12H16ClN3O/c1-8-4-3-7-16(9(8)2)12(17)10-5-6-11(13)15-14-10/h5-6,8-9H,3-4,7H2,1-2H3. The lowest BCUT2D eigenvalue weighted by Gasteiger charge is -2.37. The number of likely N-dealkylation sites (tertiary alicyclic amines) is 1. The van der Waals surface area contributed by atoms with Crippen molar-refractivity contribution in [1.82, 2.24) is 15.1 Å². The summed E-state index contributed by atoms with van der Waals surface area (Å²) in [6, 6.07) is 3.48. The molecule has 2 unspecified atom stereocenters. The van der Waals surface area contributed by atoms with E-state index in [1.54, 1.807) is 12.1 Å². The Morgan fingerprint density at radius 1 is 1.41 bits per heavy atom. The van der Waals surface area contributed by atoms with Gasteiger partial charge in [-0.2, -0.15) is 0 Å². The first-order chi connectivity index (χ1) is 8.09. The second kappa shape index (κ2) is 5.00. The van der Waals surface area contributed by atoms with Crippen LogP contribution in [0.3, 0.4) is 0 Å². The van der Waals surface area contributed by atoms with E-state index in [1.807, 2.05) is 4.90 Å². The average molecular weight is 254 g/mol. The van der Waals surface area contributed by atoms with Crippen LogP contribution in [-0.2, 0) is 0 Å². The van der Waals surface area contributed by atoms with Gasteiger partial charge in [-0.05, 0) is 37.8 Å². The third-order valence-corrected chi connectivity index (χ3v) is 3.69. The summed E-state index contributed by atoms with van der Waals surface area (Å²) in [5.74, 6) is 0.487. The molecule has 0 bridgehead atoms. The van der Waals surface area contributed by atoms with E-state index in [0.717, 1.165) is 13.0 Å². The molecule has 1 aliphatic rings. The van der Waals surface area contributed by atoms with Crippen LogP contribution in [0.1, 0.15) is 37.2 Å². The van der Waals surface area contributed by atoms with Gasteiger partial charge in [0.2, 0.25) is 0 Å². The first-order valence-electron chi connectivity index (χ1n) is 5.90. The van der Waals surface area contributed by atoms with Gasteiger partial charge >= 0.3 is 0 Å². The minimum absolute atomic E-state index is 0.0479. The van der Waals surface area contributed by atoms with Crippen LogP contribution in [0.15, 0.2) is 12.1 Å². The van der Waals surface area contributed by atoms with Gasteiger partial charge in [-0.1, -0.05) is 18.5 Å². The highest BCUT2D eigenvalue weighted by Gasteiger charge is 2.29. The number of piperidine rings is 1. The molecule has 1 amide bonds. The fourth-order valence-corrected chi connectivity index (χ4v) is 2.30. The number of amides is 1. The van der Waals surface area contributed by atoms with Crippen molar-refractivity contribution >= 4 is 17.5 Å². The van der Waals surface area contributed by atoms with Crippen molar-refractivity contribution in [2.45, 2.75) is 32.7 Å². The van der Waals surface area contributed by atoms with Crippen molar-refractivity contribution in [2.24, 2.45) is 5.92 Å². The second-order valence-corrected chi connectivity index (χ2v) is 4.99. The van der Waals surface area contributed by atoms with Crippen molar-refractivity contribution < 1.29 is 4.79 Å². The smallest absolute Gasteiger partial charge is 0.274 e. The molecule has 1 saturated heterocycles. The van der Waals surface area contributed by atoms with Gasteiger partial charge in [0.05, 0.1) is 0 Å². The Kier molecular flexibility index (Phi) is 3.62. The molecule has 1 fully saturated rings. The number of carbonyl (C=O) groups excluding carboxylic acids is 1. The predicted octanol–water partition coefficient (Wildman–Crippen LogP) is 2.39. The number of carbonyl (C=O) groups is 1. The van der Waals surface area contributed by atoms with Gasteiger partial charge < -0.3 is 4.90 Å². The Bertz CT molecular complexity index is 407. The Hall–Kier alpha value is -1.16. The zero-order valence-electron chi connectivity index (χ0n) is 10.1. The number of rotatable bonds is 1. The average Bonchev–Trinajstić information content (AvgIpc) is 2.33. The van der Waals surface area contributed by atoms with Crippen LogP contribution in [0.25, 0.3) is 0 Å². The van der Waals surface area contributed by atoms with Gasteiger partial charge in [0.25, 0.3) is 5.91 Å². The van der Waals surface area contributed by atoms with Crippen molar-refractivity contribution in [3.05, 3.63) is 23.0 Å². The summed E-state index contributed by atoms with van der Waals surface area (Å²) >= 11 is 5.66. The highest BCUT2D eigenvalue weighted by Crippen LogP contribution is 2.24. The van der Waals surface area contributed by atoms with Gasteiger partial charge in [0, 0.05) is 12.6 Å². The lowest BCUT2D eigenvalue weighted by Crippen LogP contribution is -2.46. The van der Waals surface area contributed by atoms with E-state index >= 15 is 0 Å². The molecule has 2 rings (SSSR count). The zero-order chi connectivity index (χ0) is 12.4. The molecule has 0 aromatic carbocycles. The van der Waals surface area contributed by atoms with Crippen LogP contribution in [0.2, 0.25) is 5.15 Å². The van der Waals surface area contributed by atoms with Gasteiger partial charge in [-0.3, -0.25) is 4.79 Å². The highest BCUT2D eigenvalue weighted by molar-refractivity contribution is 6.29. The molecule has 0 aliphatic carbocycles. The minimum Gasteiger partial charge on any atom is -0.334 e. The highest BCUT2D eigenvalue weighted by atomic mass is 35.5. The van der Waals surface area contributed by atoms with Gasteiger partial charge in [0.1, 0.15) is 0 Å². The predicted molar refractivity (Wildman–Crippen MR) is 65.9 cm³/mol. The Labute approximate surface area is 106 Å². The molecule has 92 valence electrons. The summed E-state index contributed by atoms with van der Waals surface area (Å²) in [5, 5.41) is 7.85. The van der Waals surface area contributed by atoms with Crippen molar-refractivity contribution in [1.29, 1.82) is 0 Å². The van der Waals surface area contributed by atoms with E-state index in [-0.39, 0.29) is 11.9 Å². The van der Waals surface area contributed by atoms with Crippen molar-refractivity contribution in [3.8, 4) is 0 Å². The molecule has 0 radical (unpaired) electrons. The zero-order valence-corrected chi connectivity index (χ0v) is 10.8. The van der Waals surface area contributed by atoms with Crippen LogP contribution in [0.5, 0.6) is 0 Å². The molecule has 2 heterocycles. The first kappa shape index (κ1) is 12.3. The van der Waals surface area contributed by atoms with Crippen LogP contribution >= 0.6 is 11.6 Å². The Balaban J connectivity index is 2.16. The second-order valence-electron chi connectivity index (χ2n) is 4.60. The van der Waals surface area contributed by atoms with Gasteiger partial charge in [-0.15, -0.1) is 10.2 Å². The fourth-order valence-electron chi connectivity index (χ4n) is 2.20. The summed E-state index contributed by atoms with van der Waals surface area (Å²) in [6.45, 7) is 5.07. The maximum Gasteiger partial charge on any atom is 0.274 e. The van der Waals surface area contributed by atoms with E-state index in [9.17, 15) is 4.79 Å². The summed E-state index contributed by atoms with van der Waals surface area (Å²) < 4.78 is 0. The number of halogens is 1. The Morgan fingerprint density at radius 3 is 2.82 bits per heavy atom. The summed E-state index contributed by atoms with van der Waals surface area (Å²) in [4.78, 5) is 14.1. The van der Waals surface area contributed by atoms with Crippen LogP contribution < -0.4 is 0 Å². The molecule has 2 atom stereocenters. The number of hydrogen-bond acceptors (Lipinski definition) is 3. The topological polar surface area (TPSA) is 46.1 Å². The lowest BCUT2D eigenvalue weighted by atomic mass is 9.92. The fraction of sp³-hybridized carbons (Fsp3) is 0.583. The maximum absolute atomic E-state index is 12.2. The SMILES string of the molecule is CC1CCCN(C(=O)c2ccc(Cl)nn2)C1C. The molecule has 0 saturated carbocycles. The normalized spacial score (nSPS) is 24.8. The minimum atomic E-state index is -0.0479. The molecule has 1 aromatic rings. The number of nitrogens with zero attached hydrogens (tertiary/aromatic N) is 3. The summed E-state index contributed by atoms with van der Waals surface area (Å²) in [6.07, 6.45) is 2.23. The molecule has 1 aliphatic heterocycles. The number of aromatic nitrogens is 2. The number of hydrogen-bond donors (Lipinski definition) is 0. The van der Waals surface area contributed by atoms with Crippen molar-refractivity contribution in [2.75, 3.05) is 6.54 Å². The summed E-state index contributed by atoms with van der Waals surface area (Å²) in [7, 11) is 0.